The zero-order valence-corrected chi connectivity index (χ0v) is 13.6. The second kappa shape index (κ2) is 6.90. The molecule has 1 aromatic rings. The third kappa shape index (κ3) is 5.27. The van der Waals surface area contributed by atoms with E-state index in [2.05, 4.69) is 42.9 Å². The van der Waals surface area contributed by atoms with Gasteiger partial charge in [0.25, 0.3) is 0 Å². The van der Waals surface area contributed by atoms with Crippen LogP contribution in [0.1, 0.15) is 58.4 Å². The summed E-state index contributed by atoms with van der Waals surface area (Å²) in [6.45, 7) is 8.02. The zero-order chi connectivity index (χ0) is 13.7. The third-order valence-corrected chi connectivity index (χ3v) is 5.08. The van der Waals surface area contributed by atoms with Gasteiger partial charge in [-0.15, -0.1) is 0 Å². The van der Waals surface area contributed by atoms with Gasteiger partial charge in [0.05, 0.1) is 0 Å². The van der Waals surface area contributed by atoms with Gasteiger partial charge in [-0.25, -0.2) is 0 Å². The molecule has 0 amide bonds. The van der Waals surface area contributed by atoms with Gasteiger partial charge in [0.2, 0.25) is 0 Å². The highest BCUT2D eigenvalue weighted by atomic mass is 32.1. The Kier molecular flexibility index (Phi) is 5.47. The molecule has 1 unspecified atom stereocenters. The lowest BCUT2D eigenvalue weighted by Gasteiger charge is -2.29. The molecule has 1 atom stereocenters. The highest BCUT2D eigenvalue weighted by molar-refractivity contribution is 7.07. The van der Waals surface area contributed by atoms with E-state index in [1.807, 2.05) is 11.3 Å². The summed E-state index contributed by atoms with van der Waals surface area (Å²) >= 11 is 1.83. The van der Waals surface area contributed by atoms with Gasteiger partial charge in [-0.2, -0.15) is 11.3 Å². The number of hydrogen-bond donors (Lipinski definition) is 1. The molecule has 1 nitrogen and oxygen atoms in total. The Hall–Kier alpha value is -0.340. The molecular formula is C17H29NS. The average Bonchev–Trinajstić information content (AvgIpc) is 2.99. The van der Waals surface area contributed by atoms with Crippen LogP contribution in [0, 0.1) is 11.8 Å². The minimum absolute atomic E-state index is 0.249. The Bertz CT molecular complexity index is 344. The molecule has 1 aliphatic rings. The highest BCUT2D eigenvalue weighted by Gasteiger charge is 2.25. The Morgan fingerprint density at radius 3 is 2.63 bits per heavy atom. The third-order valence-electron chi connectivity index (χ3n) is 4.34. The Morgan fingerprint density at radius 1 is 1.32 bits per heavy atom. The fourth-order valence-electron chi connectivity index (χ4n) is 3.16. The van der Waals surface area contributed by atoms with E-state index in [0.717, 1.165) is 11.8 Å². The molecule has 108 valence electrons. The maximum atomic E-state index is 3.73. The quantitative estimate of drug-likeness (QED) is 0.783. The molecule has 1 aromatic heterocycles. The van der Waals surface area contributed by atoms with Gasteiger partial charge in [0.15, 0.2) is 0 Å². The normalized spacial score (nSPS) is 18.9. The summed E-state index contributed by atoms with van der Waals surface area (Å²) in [7, 11) is 0. The van der Waals surface area contributed by atoms with E-state index in [0.29, 0.717) is 0 Å². The first-order chi connectivity index (χ1) is 9.04. The standard InChI is InChI=1S/C17H29NS/c1-17(2,3)18-12-16(15-6-4-5-7-15)9-8-14-10-11-19-13-14/h10-11,13,15-16,18H,4-9,12H2,1-3H3. The van der Waals surface area contributed by atoms with Gasteiger partial charge in [0, 0.05) is 5.54 Å². The van der Waals surface area contributed by atoms with E-state index in [1.165, 1.54) is 50.6 Å². The molecule has 0 radical (unpaired) electrons. The maximum absolute atomic E-state index is 3.73. The van der Waals surface area contributed by atoms with Crippen LogP contribution in [0.2, 0.25) is 0 Å². The molecule has 0 spiro atoms. The van der Waals surface area contributed by atoms with Crippen LogP contribution in [-0.4, -0.2) is 12.1 Å². The minimum atomic E-state index is 0.249. The topological polar surface area (TPSA) is 12.0 Å². The van der Waals surface area contributed by atoms with Crippen molar-refractivity contribution in [2.24, 2.45) is 11.8 Å². The molecule has 2 rings (SSSR count). The first-order valence-corrected chi connectivity index (χ1v) is 8.75. The summed E-state index contributed by atoms with van der Waals surface area (Å²) in [4.78, 5) is 0. The average molecular weight is 279 g/mol. The largest absolute Gasteiger partial charge is 0.312 e. The number of thiophene rings is 1. The second-order valence-electron chi connectivity index (χ2n) is 7.11. The van der Waals surface area contributed by atoms with Crippen molar-refractivity contribution in [2.45, 2.75) is 64.8 Å². The molecule has 19 heavy (non-hydrogen) atoms. The molecule has 0 aliphatic heterocycles. The minimum Gasteiger partial charge on any atom is -0.312 e. The molecule has 1 saturated carbocycles. The molecule has 0 saturated heterocycles. The van der Waals surface area contributed by atoms with E-state index in [9.17, 15) is 0 Å². The van der Waals surface area contributed by atoms with E-state index in [-0.39, 0.29) is 5.54 Å². The summed E-state index contributed by atoms with van der Waals surface area (Å²) in [5, 5.41) is 8.24. The van der Waals surface area contributed by atoms with Crippen LogP contribution in [0.15, 0.2) is 16.8 Å². The molecule has 0 aromatic carbocycles. The predicted octanol–water partition coefficient (Wildman–Crippen LogP) is 4.88. The van der Waals surface area contributed by atoms with Crippen LogP contribution in [0.4, 0.5) is 0 Å². The molecule has 0 bridgehead atoms. The first-order valence-electron chi connectivity index (χ1n) is 7.81. The monoisotopic (exact) mass is 279 g/mol. The number of rotatable bonds is 6. The fraction of sp³-hybridized carbons (Fsp3) is 0.765. The van der Waals surface area contributed by atoms with Crippen molar-refractivity contribution in [3.63, 3.8) is 0 Å². The molecule has 1 heterocycles. The molecule has 1 aliphatic carbocycles. The Balaban J connectivity index is 1.85. The van der Waals surface area contributed by atoms with Gasteiger partial charge in [-0.3, -0.25) is 0 Å². The van der Waals surface area contributed by atoms with Crippen LogP contribution in [0.3, 0.4) is 0 Å². The van der Waals surface area contributed by atoms with E-state index < -0.39 is 0 Å². The Labute approximate surface area is 122 Å². The lowest BCUT2D eigenvalue weighted by molar-refractivity contribution is 0.274. The van der Waals surface area contributed by atoms with Crippen LogP contribution >= 0.6 is 11.3 Å². The predicted molar refractivity (Wildman–Crippen MR) is 85.8 cm³/mol. The van der Waals surface area contributed by atoms with E-state index in [4.69, 9.17) is 0 Å². The van der Waals surface area contributed by atoms with Crippen molar-refractivity contribution < 1.29 is 0 Å². The number of hydrogen-bond acceptors (Lipinski definition) is 2. The molecule has 2 heteroatoms. The van der Waals surface area contributed by atoms with Crippen molar-refractivity contribution in [1.82, 2.24) is 5.32 Å². The summed E-state index contributed by atoms with van der Waals surface area (Å²) in [6, 6.07) is 2.29. The van der Waals surface area contributed by atoms with Crippen molar-refractivity contribution in [3.8, 4) is 0 Å². The van der Waals surface area contributed by atoms with Gasteiger partial charge >= 0.3 is 0 Å². The second-order valence-corrected chi connectivity index (χ2v) is 7.89. The SMILES string of the molecule is CC(C)(C)NCC(CCc1ccsc1)C1CCCC1. The maximum Gasteiger partial charge on any atom is 0.00966 e. The number of aryl methyl sites for hydroxylation is 1. The molecular weight excluding hydrogens is 250 g/mol. The van der Waals surface area contributed by atoms with Gasteiger partial charge in [0.1, 0.15) is 0 Å². The van der Waals surface area contributed by atoms with E-state index >= 15 is 0 Å². The van der Waals surface area contributed by atoms with E-state index in [1.54, 1.807) is 0 Å². The summed E-state index contributed by atoms with van der Waals surface area (Å²) in [5.74, 6) is 1.83. The highest BCUT2D eigenvalue weighted by Crippen LogP contribution is 2.33. The van der Waals surface area contributed by atoms with Crippen molar-refractivity contribution in [1.29, 1.82) is 0 Å². The lowest BCUT2D eigenvalue weighted by Crippen LogP contribution is -2.40. The fourth-order valence-corrected chi connectivity index (χ4v) is 3.86. The van der Waals surface area contributed by atoms with Crippen LogP contribution < -0.4 is 5.32 Å². The first kappa shape index (κ1) is 15.1. The van der Waals surface area contributed by atoms with Gasteiger partial charge in [-0.1, -0.05) is 25.7 Å². The summed E-state index contributed by atoms with van der Waals surface area (Å²) in [6.07, 6.45) is 8.44. The van der Waals surface area contributed by atoms with Crippen molar-refractivity contribution >= 4 is 11.3 Å². The molecule has 1 N–H and O–H groups in total. The van der Waals surface area contributed by atoms with Crippen molar-refractivity contribution in [3.05, 3.63) is 22.4 Å². The number of nitrogens with one attached hydrogen (secondary N) is 1. The smallest absolute Gasteiger partial charge is 0.00966 e. The zero-order valence-electron chi connectivity index (χ0n) is 12.7. The Morgan fingerprint density at radius 2 is 2.05 bits per heavy atom. The van der Waals surface area contributed by atoms with Crippen LogP contribution in [0.5, 0.6) is 0 Å². The summed E-state index contributed by atoms with van der Waals surface area (Å²) < 4.78 is 0. The van der Waals surface area contributed by atoms with Crippen LogP contribution in [0.25, 0.3) is 0 Å². The molecule has 1 fully saturated rings. The van der Waals surface area contributed by atoms with Crippen LogP contribution in [-0.2, 0) is 6.42 Å². The van der Waals surface area contributed by atoms with Gasteiger partial charge in [-0.05, 0) is 74.4 Å². The van der Waals surface area contributed by atoms with Gasteiger partial charge < -0.3 is 5.32 Å². The summed E-state index contributed by atoms with van der Waals surface area (Å²) in [5.41, 5.74) is 1.78. The lowest BCUT2D eigenvalue weighted by atomic mass is 9.85. The van der Waals surface area contributed by atoms with Crippen molar-refractivity contribution in [2.75, 3.05) is 6.54 Å².